The van der Waals surface area contributed by atoms with Gasteiger partial charge in [0.1, 0.15) is 6.54 Å². The lowest BCUT2D eigenvalue weighted by atomic mass is 9.67. The Morgan fingerprint density at radius 3 is 2.58 bits per heavy atom. The van der Waals surface area contributed by atoms with Gasteiger partial charge in [0.2, 0.25) is 11.8 Å². The average molecular weight is 457 g/mol. The van der Waals surface area contributed by atoms with Crippen molar-refractivity contribution in [3.8, 4) is 0 Å². The van der Waals surface area contributed by atoms with Crippen LogP contribution in [0.1, 0.15) is 28.3 Å². The topological polar surface area (TPSA) is 108 Å². The van der Waals surface area contributed by atoms with E-state index in [0.29, 0.717) is 0 Å². The van der Waals surface area contributed by atoms with Gasteiger partial charge in [0.15, 0.2) is 0 Å². The lowest BCUT2D eigenvalue weighted by molar-refractivity contribution is -0.149. The summed E-state index contributed by atoms with van der Waals surface area (Å²) in [6.45, 7) is 1.50. The number of benzene rings is 1. The zero-order valence-corrected chi connectivity index (χ0v) is 18.2. The minimum Gasteiger partial charge on any atom is -0.480 e. The number of fused-ring (bicyclic) bond motifs is 9. The Labute approximate surface area is 185 Å². The Kier molecular flexibility index (Phi) is 4.08. The molecule has 1 aromatic carbocycles. The van der Waals surface area contributed by atoms with Gasteiger partial charge in [-0.25, -0.2) is 0 Å². The van der Waals surface area contributed by atoms with E-state index in [4.69, 9.17) is 0 Å². The summed E-state index contributed by atoms with van der Waals surface area (Å²) in [6.07, 6.45) is 0.803. The third-order valence-electron chi connectivity index (χ3n) is 7.63. The van der Waals surface area contributed by atoms with E-state index in [1.165, 1.54) is 11.3 Å². The van der Waals surface area contributed by atoms with Crippen molar-refractivity contribution in [3.63, 3.8) is 0 Å². The number of hydrogen-bond donors (Lipinski definition) is 2. The molecule has 2 aliphatic heterocycles. The molecule has 2 amide bonds. The Balaban J connectivity index is 1.47. The molecule has 2 bridgehead atoms. The van der Waals surface area contributed by atoms with E-state index in [0.717, 1.165) is 32.4 Å². The number of imide groups is 1. The van der Waals surface area contributed by atoms with Crippen molar-refractivity contribution >= 4 is 40.9 Å². The molecule has 7 nitrogen and oxygen atoms in total. The number of carbonyl (C=O) groups excluding carboxylic acids is 2. The predicted molar refractivity (Wildman–Crippen MR) is 114 cm³/mol. The largest absolute Gasteiger partial charge is 0.480 e. The molecule has 2 N–H and O–H groups in total. The number of rotatable bonds is 3. The van der Waals surface area contributed by atoms with Crippen LogP contribution in [-0.4, -0.2) is 44.6 Å². The van der Waals surface area contributed by atoms with Crippen LogP contribution in [0.15, 0.2) is 34.1 Å². The van der Waals surface area contributed by atoms with Gasteiger partial charge in [-0.15, -0.1) is 11.8 Å². The van der Waals surface area contributed by atoms with Gasteiger partial charge in [-0.1, -0.05) is 35.6 Å². The van der Waals surface area contributed by atoms with Crippen molar-refractivity contribution < 1.29 is 19.5 Å². The fraction of sp³-hybridized carbons (Fsp3) is 0.455. The normalized spacial score (nSPS) is 35.3. The molecule has 2 aliphatic carbocycles. The van der Waals surface area contributed by atoms with E-state index in [2.05, 4.69) is 24.0 Å². The molecule has 0 radical (unpaired) electrons. The van der Waals surface area contributed by atoms with Gasteiger partial charge in [0.05, 0.1) is 16.9 Å². The highest BCUT2D eigenvalue weighted by atomic mass is 32.2. The molecule has 160 valence electrons. The van der Waals surface area contributed by atoms with Gasteiger partial charge >= 0.3 is 10.8 Å². The van der Waals surface area contributed by atoms with Crippen LogP contribution in [0.5, 0.6) is 0 Å². The summed E-state index contributed by atoms with van der Waals surface area (Å²) in [6, 6.07) is 8.16. The Morgan fingerprint density at radius 1 is 1.16 bits per heavy atom. The maximum Gasteiger partial charge on any atom is 0.323 e. The highest BCUT2D eigenvalue weighted by Crippen LogP contribution is 2.68. The third kappa shape index (κ3) is 2.53. The summed E-state index contributed by atoms with van der Waals surface area (Å²) in [4.78, 5) is 54.5. The Bertz CT molecular complexity index is 1200. The summed E-state index contributed by atoms with van der Waals surface area (Å²) < 4.78 is 0. The van der Waals surface area contributed by atoms with Crippen LogP contribution in [0.3, 0.4) is 0 Å². The summed E-state index contributed by atoms with van der Waals surface area (Å²) in [5, 5.41) is 10.2. The van der Waals surface area contributed by atoms with Gasteiger partial charge in [-0.05, 0) is 42.2 Å². The monoisotopic (exact) mass is 456 g/mol. The molecule has 1 saturated heterocycles. The number of carboxylic acids is 1. The Hall–Kier alpha value is -2.39. The van der Waals surface area contributed by atoms with Crippen LogP contribution in [0.2, 0.25) is 0 Å². The number of aliphatic carboxylic acids is 1. The van der Waals surface area contributed by atoms with E-state index >= 15 is 0 Å². The molecule has 7 atom stereocenters. The van der Waals surface area contributed by atoms with Gasteiger partial charge in [0, 0.05) is 16.0 Å². The number of H-pyrrole nitrogens is 1. The fourth-order valence-corrected chi connectivity index (χ4v) is 9.53. The number of likely N-dealkylation sites (tertiary alicyclic amines) is 1. The number of aromatic amines is 1. The average Bonchev–Trinajstić information content (AvgIpc) is 3.44. The number of nitrogens with one attached hydrogen (secondary N) is 1. The lowest BCUT2D eigenvalue weighted by Gasteiger charge is -2.43. The fourth-order valence-electron chi connectivity index (χ4n) is 6.65. The molecule has 9 heteroatoms. The molecule has 4 aliphatic rings. The number of thiazole rings is 1. The SMILES string of the molecule is Cc1ccccc1[C@H]1c2sc(=O)[nH]c2S[C@@H]2[C@H]3C[C@@H]([C@@H]4C(=O)N(CC(=O)O)C(=O)[C@@H]34)[C@@H]12. The predicted octanol–water partition coefficient (Wildman–Crippen LogP) is 2.30. The number of thioether (sulfide) groups is 1. The molecular formula is C22H20N2O5S2. The molecule has 0 unspecified atom stereocenters. The van der Waals surface area contributed by atoms with E-state index < -0.39 is 24.3 Å². The van der Waals surface area contributed by atoms with E-state index in [-0.39, 0.29) is 45.6 Å². The Morgan fingerprint density at radius 2 is 1.87 bits per heavy atom. The lowest BCUT2D eigenvalue weighted by Crippen LogP contribution is -2.42. The second-order valence-corrected chi connectivity index (χ2v) is 11.2. The van der Waals surface area contributed by atoms with Crippen LogP contribution >= 0.6 is 23.1 Å². The van der Waals surface area contributed by atoms with Crippen LogP contribution in [0.25, 0.3) is 0 Å². The maximum absolute atomic E-state index is 13.1. The van der Waals surface area contributed by atoms with Crippen molar-refractivity contribution in [3.05, 3.63) is 49.9 Å². The van der Waals surface area contributed by atoms with Gasteiger partial charge in [-0.3, -0.25) is 24.1 Å². The highest BCUT2D eigenvalue weighted by Gasteiger charge is 2.69. The first-order valence-corrected chi connectivity index (χ1v) is 12.1. The van der Waals surface area contributed by atoms with Crippen LogP contribution in [0.4, 0.5) is 0 Å². The second-order valence-electron chi connectivity index (χ2n) is 8.97. The quantitative estimate of drug-likeness (QED) is 0.687. The second kappa shape index (κ2) is 6.56. The van der Waals surface area contributed by atoms with Crippen molar-refractivity contribution in [2.24, 2.45) is 29.6 Å². The summed E-state index contributed by atoms with van der Waals surface area (Å²) in [7, 11) is 0. The van der Waals surface area contributed by atoms with E-state index in [1.54, 1.807) is 11.8 Å². The number of amides is 2. The number of hydrogen-bond acceptors (Lipinski definition) is 6. The zero-order chi connectivity index (χ0) is 21.6. The van der Waals surface area contributed by atoms with E-state index in [1.807, 2.05) is 12.1 Å². The number of carboxylic acid groups (broad SMARTS) is 1. The zero-order valence-electron chi connectivity index (χ0n) is 16.6. The van der Waals surface area contributed by atoms with Crippen LogP contribution in [-0.2, 0) is 14.4 Å². The van der Waals surface area contributed by atoms with Gasteiger partial charge in [-0.2, -0.15) is 0 Å². The molecule has 3 fully saturated rings. The smallest absolute Gasteiger partial charge is 0.323 e. The third-order valence-corrected chi connectivity index (χ3v) is 10.2. The summed E-state index contributed by atoms with van der Waals surface area (Å²) in [5.41, 5.74) is 2.31. The van der Waals surface area contributed by atoms with Gasteiger partial charge in [0.25, 0.3) is 0 Å². The first-order chi connectivity index (χ1) is 14.9. The first-order valence-electron chi connectivity index (χ1n) is 10.4. The standard InChI is InChI=1S/C22H20N2O5S2/c1-8-4-2-3-5-9(8)13-14-10-6-11(17(14)30-19-18(13)31-22(29)23-19)16-15(10)20(27)24(21(16)28)7-12(25)26/h2-5,10-11,13-17H,6-7H2,1H3,(H,23,29)(H,25,26)/t10-,11+,13-,14+,15+,16+,17-/m1/s1. The maximum atomic E-state index is 13.1. The molecule has 31 heavy (non-hydrogen) atoms. The first kappa shape index (κ1) is 19.3. The van der Waals surface area contributed by atoms with Crippen LogP contribution in [0, 0.1) is 36.5 Å². The van der Waals surface area contributed by atoms with Crippen molar-refractivity contribution in [1.29, 1.82) is 0 Å². The molecule has 1 aromatic heterocycles. The van der Waals surface area contributed by atoms with E-state index in [9.17, 15) is 24.3 Å². The van der Waals surface area contributed by atoms with Gasteiger partial charge < -0.3 is 10.1 Å². The molecule has 2 aromatic rings. The molecule has 0 spiro atoms. The molecular weight excluding hydrogens is 436 g/mol. The highest BCUT2D eigenvalue weighted by molar-refractivity contribution is 8.00. The number of aryl methyl sites for hydroxylation is 1. The molecule has 6 rings (SSSR count). The molecule has 3 heterocycles. The summed E-state index contributed by atoms with van der Waals surface area (Å²) >= 11 is 2.88. The number of aromatic nitrogens is 1. The summed E-state index contributed by atoms with van der Waals surface area (Å²) in [5.74, 6) is -2.54. The van der Waals surface area contributed by atoms with Crippen molar-refractivity contribution in [2.45, 2.75) is 29.5 Å². The number of nitrogens with zero attached hydrogens (tertiary/aromatic N) is 1. The van der Waals surface area contributed by atoms with Crippen molar-refractivity contribution in [1.82, 2.24) is 9.88 Å². The minimum absolute atomic E-state index is 0.00113. The van der Waals surface area contributed by atoms with Crippen LogP contribution < -0.4 is 4.87 Å². The molecule has 2 saturated carbocycles. The van der Waals surface area contributed by atoms with Crippen molar-refractivity contribution in [2.75, 3.05) is 6.54 Å². The minimum atomic E-state index is -1.17. The number of carbonyl (C=O) groups is 3.